The Kier molecular flexibility index (Phi) is 5.05. The van der Waals surface area contributed by atoms with Crippen LogP contribution in [0.4, 0.5) is 4.79 Å². The topological polar surface area (TPSA) is 49.4 Å². The molecule has 6 heteroatoms. The standard InChI is InChI=1S/C14H19ClN2O2S/c1-10(20(2)19)8-16-14(18)17-6-5-11-3-4-13(15)7-12(11)9-17/h3-4,7,10H,5-6,8-9H2,1-2H3,(H,16,18)/t10-,20+/m1/s1. The van der Waals surface area contributed by atoms with Crippen LogP contribution in [-0.4, -0.2) is 39.7 Å². The van der Waals surface area contributed by atoms with Crippen LogP contribution in [-0.2, 0) is 23.8 Å². The van der Waals surface area contributed by atoms with Crippen LogP contribution >= 0.6 is 11.6 Å². The fourth-order valence-electron chi connectivity index (χ4n) is 2.16. The zero-order chi connectivity index (χ0) is 14.7. The molecule has 0 unspecified atom stereocenters. The largest absolute Gasteiger partial charge is 0.337 e. The van der Waals surface area contributed by atoms with Crippen LogP contribution in [0.3, 0.4) is 0 Å². The zero-order valence-electron chi connectivity index (χ0n) is 11.7. The van der Waals surface area contributed by atoms with E-state index in [0.717, 1.165) is 12.0 Å². The van der Waals surface area contributed by atoms with E-state index >= 15 is 0 Å². The van der Waals surface area contributed by atoms with Gasteiger partial charge in [-0.25, -0.2) is 4.79 Å². The molecule has 1 aliphatic heterocycles. The maximum absolute atomic E-state index is 12.1. The van der Waals surface area contributed by atoms with Gasteiger partial charge in [0.05, 0.1) is 0 Å². The molecule has 0 aliphatic carbocycles. The lowest BCUT2D eigenvalue weighted by atomic mass is 10.0. The van der Waals surface area contributed by atoms with Crippen molar-refractivity contribution in [3.8, 4) is 0 Å². The van der Waals surface area contributed by atoms with Crippen molar-refractivity contribution in [1.82, 2.24) is 10.2 Å². The molecule has 1 aromatic rings. The van der Waals surface area contributed by atoms with Gasteiger partial charge in [-0.15, -0.1) is 0 Å². The second-order valence-electron chi connectivity index (χ2n) is 5.08. The van der Waals surface area contributed by atoms with Crippen LogP contribution in [0.1, 0.15) is 18.1 Å². The first kappa shape index (κ1) is 15.3. The third kappa shape index (κ3) is 3.73. The summed E-state index contributed by atoms with van der Waals surface area (Å²) in [4.78, 5) is 13.9. The van der Waals surface area contributed by atoms with E-state index in [1.54, 1.807) is 11.2 Å². The Balaban J connectivity index is 1.95. The predicted molar refractivity (Wildman–Crippen MR) is 82.5 cm³/mol. The molecule has 0 spiro atoms. The fourth-order valence-corrected chi connectivity index (χ4v) is 2.67. The summed E-state index contributed by atoms with van der Waals surface area (Å²) in [5.74, 6) is 0. The van der Waals surface area contributed by atoms with Gasteiger partial charge in [-0.1, -0.05) is 17.7 Å². The number of carbonyl (C=O) groups excluding carboxylic acids is 1. The number of carbonyl (C=O) groups is 1. The lowest BCUT2D eigenvalue weighted by Gasteiger charge is -2.29. The second-order valence-corrected chi connectivity index (χ2v) is 7.32. The molecule has 0 bridgehead atoms. The van der Waals surface area contributed by atoms with Gasteiger partial charge in [0, 0.05) is 47.0 Å². The molecule has 0 saturated carbocycles. The fraction of sp³-hybridized carbons (Fsp3) is 0.500. The van der Waals surface area contributed by atoms with E-state index in [4.69, 9.17) is 11.6 Å². The Bertz CT molecular complexity index is 536. The number of nitrogens with zero attached hydrogens (tertiary/aromatic N) is 1. The number of urea groups is 1. The molecule has 1 aliphatic rings. The minimum Gasteiger partial charge on any atom is -0.337 e. The molecule has 2 rings (SSSR count). The summed E-state index contributed by atoms with van der Waals surface area (Å²) in [5, 5.41) is 3.50. The Labute approximate surface area is 126 Å². The number of rotatable bonds is 3. The molecule has 4 nitrogen and oxygen atoms in total. The maximum Gasteiger partial charge on any atom is 0.317 e. The van der Waals surface area contributed by atoms with Crippen molar-refractivity contribution in [2.45, 2.75) is 25.1 Å². The SMILES string of the molecule is C[C@H](CNC(=O)N1CCc2ccc(Cl)cc2C1)[S@](C)=O. The van der Waals surface area contributed by atoms with Gasteiger partial charge < -0.3 is 10.2 Å². The second kappa shape index (κ2) is 6.59. The number of halogens is 1. The molecule has 0 saturated heterocycles. The normalized spacial score (nSPS) is 17.2. The number of amides is 2. The lowest BCUT2D eigenvalue weighted by molar-refractivity contribution is 0.192. The maximum atomic E-state index is 12.1. The van der Waals surface area contributed by atoms with E-state index in [1.165, 1.54) is 5.56 Å². The van der Waals surface area contributed by atoms with Crippen molar-refractivity contribution in [3.63, 3.8) is 0 Å². The van der Waals surface area contributed by atoms with E-state index in [9.17, 15) is 9.00 Å². The molecule has 0 aromatic heterocycles. The van der Waals surface area contributed by atoms with Crippen LogP contribution in [0.25, 0.3) is 0 Å². The molecular weight excluding hydrogens is 296 g/mol. The van der Waals surface area contributed by atoms with E-state index < -0.39 is 10.8 Å². The van der Waals surface area contributed by atoms with Gasteiger partial charge in [-0.05, 0) is 36.6 Å². The molecule has 0 radical (unpaired) electrons. The van der Waals surface area contributed by atoms with E-state index in [-0.39, 0.29) is 11.3 Å². The van der Waals surface area contributed by atoms with Gasteiger partial charge in [0.2, 0.25) is 0 Å². The molecule has 110 valence electrons. The Morgan fingerprint density at radius 3 is 2.95 bits per heavy atom. The highest BCUT2D eigenvalue weighted by Gasteiger charge is 2.21. The van der Waals surface area contributed by atoms with Gasteiger partial charge in [-0.3, -0.25) is 4.21 Å². The lowest BCUT2D eigenvalue weighted by Crippen LogP contribution is -2.45. The van der Waals surface area contributed by atoms with Gasteiger partial charge in [-0.2, -0.15) is 0 Å². The number of fused-ring (bicyclic) bond motifs is 1. The Morgan fingerprint density at radius 1 is 1.50 bits per heavy atom. The number of hydrogen-bond acceptors (Lipinski definition) is 2. The van der Waals surface area contributed by atoms with Crippen molar-refractivity contribution in [1.29, 1.82) is 0 Å². The Morgan fingerprint density at radius 2 is 2.25 bits per heavy atom. The highest BCUT2D eigenvalue weighted by molar-refractivity contribution is 7.84. The highest BCUT2D eigenvalue weighted by Crippen LogP contribution is 2.22. The summed E-state index contributed by atoms with van der Waals surface area (Å²) in [5.41, 5.74) is 2.35. The number of hydrogen-bond donors (Lipinski definition) is 1. The van der Waals surface area contributed by atoms with Crippen molar-refractivity contribution in [2.24, 2.45) is 0 Å². The first-order chi connectivity index (χ1) is 9.47. The van der Waals surface area contributed by atoms with Gasteiger partial charge in [0.25, 0.3) is 0 Å². The number of nitrogens with one attached hydrogen (secondary N) is 1. The molecule has 2 amide bonds. The van der Waals surface area contributed by atoms with Crippen molar-refractivity contribution < 1.29 is 9.00 Å². The van der Waals surface area contributed by atoms with E-state index in [2.05, 4.69) is 5.32 Å². The summed E-state index contributed by atoms with van der Waals surface area (Å²) < 4.78 is 11.3. The van der Waals surface area contributed by atoms with Crippen LogP contribution in [0.2, 0.25) is 5.02 Å². The minimum atomic E-state index is -0.922. The molecule has 1 N–H and O–H groups in total. The smallest absolute Gasteiger partial charge is 0.317 e. The van der Waals surface area contributed by atoms with Crippen molar-refractivity contribution in [3.05, 3.63) is 34.3 Å². The molecule has 20 heavy (non-hydrogen) atoms. The Hall–Kier alpha value is -1.07. The summed E-state index contributed by atoms with van der Waals surface area (Å²) in [7, 11) is -0.922. The van der Waals surface area contributed by atoms with Crippen LogP contribution < -0.4 is 5.32 Å². The molecule has 1 aromatic carbocycles. The first-order valence-corrected chi connectivity index (χ1v) is 8.59. The van der Waals surface area contributed by atoms with Crippen LogP contribution in [0.15, 0.2) is 18.2 Å². The quantitative estimate of drug-likeness (QED) is 0.929. The summed E-state index contributed by atoms with van der Waals surface area (Å²) >= 11 is 5.99. The van der Waals surface area contributed by atoms with Crippen molar-refractivity contribution >= 4 is 28.4 Å². The molecular formula is C14H19ClN2O2S. The molecule has 0 fully saturated rings. The summed E-state index contributed by atoms with van der Waals surface area (Å²) in [6.07, 6.45) is 2.49. The van der Waals surface area contributed by atoms with Crippen molar-refractivity contribution in [2.75, 3.05) is 19.3 Å². The minimum absolute atomic E-state index is 0.0366. The monoisotopic (exact) mass is 314 g/mol. The van der Waals surface area contributed by atoms with Gasteiger partial charge >= 0.3 is 6.03 Å². The molecule has 1 heterocycles. The summed E-state index contributed by atoms with van der Waals surface area (Å²) in [6, 6.07) is 5.72. The number of benzene rings is 1. The first-order valence-electron chi connectivity index (χ1n) is 6.59. The average molecular weight is 315 g/mol. The zero-order valence-corrected chi connectivity index (χ0v) is 13.3. The highest BCUT2D eigenvalue weighted by atomic mass is 35.5. The van der Waals surface area contributed by atoms with E-state index in [1.807, 2.05) is 25.1 Å². The van der Waals surface area contributed by atoms with E-state index in [0.29, 0.717) is 24.7 Å². The third-order valence-corrected chi connectivity index (χ3v) is 5.11. The van der Waals surface area contributed by atoms with Gasteiger partial charge in [0.1, 0.15) is 0 Å². The molecule has 2 atom stereocenters. The average Bonchev–Trinajstić information content (AvgIpc) is 2.43. The van der Waals surface area contributed by atoms with Crippen LogP contribution in [0.5, 0.6) is 0 Å². The van der Waals surface area contributed by atoms with Crippen LogP contribution in [0, 0.1) is 0 Å². The van der Waals surface area contributed by atoms with Gasteiger partial charge in [0.15, 0.2) is 0 Å². The summed E-state index contributed by atoms with van der Waals surface area (Å²) in [6.45, 7) is 3.57. The predicted octanol–water partition coefficient (Wildman–Crippen LogP) is 2.17. The third-order valence-electron chi connectivity index (χ3n) is 3.58.